The molecule has 0 spiro atoms. The standard InChI is InChI=1S/C47H83NO6/c1-5-6-7-8-9-10-11-12-13-14-15-16-17-18-19-20-21-22-23-45(53)54-37-30-31-46(3)36(32-37)25-26-38-40-28-27-39(47(40,4)42(49)33-41(38)46)35(2)24-29-43(50)48-34-44(51)52/h35-42,49H,5-34H2,1-4H3,(H,48,50)(H,51,52). The number of carbonyl (C=O) groups excluding carboxylic acids is 2. The van der Waals surface area contributed by atoms with E-state index in [-0.39, 0.29) is 41.5 Å². The van der Waals surface area contributed by atoms with Crippen molar-refractivity contribution < 1.29 is 29.3 Å². The van der Waals surface area contributed by atoms with Crippen LogP contribution in [-0.2, 0) is 19.1 Å². The van der Waals surface area contributed by atoms with Crippen molar-refractivity contribution in [3.8, 4) is 0 Å². The molecule has 312 valence electrons. The minimum absolute atomic E-state index is 0.00289. The number of hydrogen-bond acceptors (Lipinski definition) is 5. The molecule has 0 heterocycles. The summed E-state index contributed by atoms with van der Waals surface area (Å²) in [4.78, 5) is 36.0. The number of unbranched alkanes of at least 4 members (excludes halogenated alkanes) is 17. The first-order chi connectivity index (χ1) is 26.0. The number of aliphatic hydroxyl groups excluding tert-OH is 1. The number of esters is 1. The Labute approximate surface area is 330 Å². The van der Waals surface area contributed by atoms with Crippen LogP contribution in [0.3, 0.4) is 0 Å². The van der Waals surface area contributed by atoms with Crippen molar-refractivity contribution in [3.63, 3.8) is 0 Å². The molecule has 0 aromatic carbocycles. The second-order valence-corrected chi connectivity index (χ2v) is 19.3. The largest absolute Gasteiger partial charge is 0.480 e. The lowest BCUT2D eigenvalue weighted by atomic mass is 9.43. The monoisotopic (exact) mass is 758 g/mol. The zero-order valence-corrected chi connectivity index (χ0v) is 35.4. The minimum Gasteiger partial charge on any atom is -0.480 e. The molecule has 10 unspecified atom stereocenters. The van der Waals surface area contributed by atoms with E-state index in [2.05, 4.69) is 33.0 Å². The van der Waals surface area contributed by atoms with E-state index in [0.29, 0.717) is 48.3 Å². The quantitative estimate of drug-likeness (QED) is 0.0598. The summed E-state index contributed by atoms with van der Waals surface area (Å²) in [6.45, 7) is 9.01. The summed E-state index contributed by atoms with van der Waals surface area (Å²) >= 11 is 0. The van der Waals surface area contributed by atoms with Gasteiger partial charge < -0.3 is 20.3 Å². The SMILES string of the molecule is CCCCCCCCCCCCCCCCCCCCC(=O)OC1CCC2(C)C(CCC3C2CC(O)C2(C)C(C(C)CCC(=O)NCC(=O)O)CCC32)C1. The molecule has 54 heavy (non-hydrogen) atoms. The third-order valence-electron chi connectivity index (χ3n) is 15.8. The summed E-state index contributed by atoms with van der Waals surface area (Å²) in [6.07, 6.45) is 34.1. The molecule has 0 aliphatic heterocycles. The number of rotatable bonds is 26. The molecule has 10 atom stereocenters. The van der Waals surface area contributed by atoms with Crippen molar-refractivity contribution in [1.29, 1.82) is 0 Å². The summed E-state index contributed by atoms with van der Waals surface area (Å²) in [5, 5.41) is 23.3. The molecule has 4 fully saturated rings. The Morgan fingerprint density at radius 2 is 1.30 bits per heavy atom. The Morgan fingerprint density at radius 1 is 0.722 bits per heavy atom. The highest BCUT2D eigenvalue weighted by molar-refractivity contribution is 5.81. The summed E-state index contributed by atoms with van der Waals surface area (Å²) in [6, 6.07) is 0. The van der Waals surface area contributed by atoms with Gasteiger partial charge in [-0.3, -0.25) is 14.4 Å². The van der Waals surface area contributed by atoms with Crippen LogP contribution < -0.4 is 5.32 Å². The van der Waals surface area contributed by atoms with E-state index in [0.717, 1.165) is 57.8 Å². The van der Waals surface area contributed by atoms with Crippen molar-refractivity contribution in [3.05, 3.63) is 0 Å². The number of amides is 1. The molecule has 4 aliphatic rings. The third kappa shape index (κ3) is 12.7. The Hall–Kier alpha value is -1.63. The lowest BCUT2D eigenvalue weighted by Gasteiger charge is -2.62. The average Bonchev–Trinajstić information content (AvgIpc) is 3.51. The van der Waals surface area contributed by atoms with E-state index in [9.17, 15) is 19.5 Å². The van der Waals surface area contributed by atoms with Crippen LogP contribution >= 0.6 is 0 Å². The second kappa shape index (κ2) is 22.9. The topological polar surface area (TPSA) is 113 Å². The zero-order chi connectivity index (χ0) is 39.0. The van der Waals surface area contributed by atoms with Crippen molar-refractivity contribution in [2.75, 3.05) is 6.54 Å². The van der Waals surface area contributed by atoms with Gasteiger partial charge in [-0.05, 0) is 111 Å². The van der Waals surface area contributed by atoms with E-state index in [1.807, 2.05) is 0 Å². The predicted molar refractivity (Wildman–Crippen MR) is 219 cm³/mol. The minimum atomic E-state index is -1.02. The number of carboxylic acid groups (broad SMARTS) is 1. The highest BCUT2D eigenvalue weighted by Gasteiger charge is 2.63. The van der Waals surface area contributed by atoms with Crippen LogP contribution in [0.25, 0.3) is 0 Å². The van der Waals surface area contributed by atoms with Crippen molar-refractivity contribution in [2.24, 2.45) is 46.3 Å². The van der Waals surface area contributed by atoms with E-state index in [1.165, 1.54) is 116 Å². The van der Waals surface area contributed by atoms with Crippen LogP contribution in [0.15, 0.2) is 0 Å². The molecule has 0 saturated heterocycles. The van der Waals surface area contributed by atoms with E-state index in [1.54, 1.807) is 0 Å². The third-order valence-corrected chi connectivity index (χ3v) is 15.8. The first kappa shape index (κ1) is 45.1. The molecule has 1 amide bonds. The number of carbonyl (C=O) groups is 3. The van der Waals surface area contributed by atoms with Gasteiger partial charge in [0.15, 0.2) is 0 Å². The normalized spacial score (nSPS) is 32.3. The van der Waals surface area contributed by atoms with Crippen molar-refractivity contribution >= 4 is 17.8 Å². The molecular formula is C47H83NO6. The van der Waals surface area contributed by atoms with E-state index in [4.69, 9.17) is 9.84 Å². The summed E-state index contributed by atoms with van der Waals surface area (Å²) in [7, 11) is 0. The molecule has 3 N–H and O–H groups in total. The van der Waals surface area contributed by atoms with Crippen LogP contribution in [-0.4, -0.2) is 46.8 Å². The van der Waals surface area contributed by atoms with Gasteiger partial charge in [0.1, 0.15) is 12.6 Å². The summed E-state index contributed by atoms with van der Waals surface area (Å²) in [5.74, 6) is 1.63. The van der Waals surface area contributed by atoms with Gasteiger partial charge in [0, 0.05) is 12.8 Å². The number of fused-ring (bicyclic) bond motifs is 5. The van der Waals surface area contributed by atoms with Gasteiger partial charge in [-0.25, -0.2) is 0 Å². The molecule has 7 heteroatoms. The number of nitrogens with one attached hydrogen (secondary N) is 1. The second-order valence-electron chi connectivity index (χ2n) is 19.3. The highest BCUT2D eigenvalue weighted by atomic mass is 16.5. The number of aliphatic hydroxyl groups is 1. The molecule has 4 rings (SSSR count). The summed E-state index contributed by atoms with van der Waals surface area (Å²) < 4.78 is 6.12. The van der Waals surface area contributed by atoms with Gasteiger partial charge >= 0.3 is 11.9 Å². The molecule has 0 bridgehead atoms. The zero-order valence-electron chi connectivity index (χ0n) is 35.4. The number of hydrogen-bond donors (Lipinski definition) is 3. The fourth-order valence-electron chi connectivity index (χ4n) is 12.5. The first-order valence-electron chi connectivity index (χ1n) is 23.4. The van der Waals surface area contributed by atoms with Gasteiger partial charge in [0.2, 0.25) is 5.91 Å². The lowest BCUT2D eigenvalue weighted by molar-refractivity contribution is -0.181. The molecular weight excluding hydrogens is 675 g/mol. The Kier molecular flexibility index (Phi) is 19.2. The van der Waals surface area contributed by atoms with Gasteiger partial charge in [-0.2, -0.15) is 0 Å². The molecule has 7 nitrogen and oxygen atoms in total. The fraction of sp³-hybridized carbons (Fsp3) is 0.936. The first-order valence-corrected chi connectivity index (χ1v) is 23.4. The number of aliphatic carboxylic acids is 1. The highest BCUT2D eigenvalue weighted by Crippen LogP contribution is 2.68. The van der Waals surface area contributed by atoms with E-state index >= 15 is 0 Å². The molecule has 0 aromatic heterocycles. The maximum atomic E-state index is 12.9. The Bertz CT molecular complexity index is 1130. The maximum Gasteiger partial charge on any atom is 0.322 e. The molecule has 0 aromatic rings. The van der Waals surface area contributed by atoms with Crippen molar-refractivity contribution in [1.82, 2.24) is 5.32 Å². The predicted octanol–water partition coefficient (Wildman–Crippen LogP) is 11.6. The van der Waals surface area contributed by atoms with Crippen LogP contribution in [0.4, 0.5) is 0 Å². The van der Waals surface area contributed by atoms with Crippen LogP contribution in [0.1, 0.15) is 214 Å². The summed E-state index contributed by atoms with van der Waals surface area (Å²) in [5.41, 5.74) is 0.0491. The fourth-order valence-corrected chi connectivity index (χ4v) is 12.5. The van der Waals surface area contributed by atoms with Crippen LogP contribution in [0.2, 0.25) is 0 Å². The Balaban J connectivity index is 1.07. The smallest absolute Gasteiger partial charge is 0.322 e. The Morgan fingerprint density at radius 3 is 1.87 bits per heavy atom. The number of ether oxygens (including phenoxy) is 1. The lowest BCUT2D eigenvalue weighted by Crippen LogP contribution is -2.59. The van der Waals surface area contributed by atoms with Crippen LogP contribution in [0, 0.1) is 46.3 Å². The maximum absolute atomic E-state index is 12.9. The van der Waals surface area contributed by atoms with Gasteiger partial charge in [-0.1, -0.05) is 137 Å². The molecule has 4 saturated carbocycles. The van der Waals surface area contributed by atoms with Gasteiger partial charge in [0.05, 0.1) is 6.10 Å². The van der Waals surface area contributed by atoms with E-state index < -0.39 is 5.97 Å². The van der Waals surface area contributed by atoms with Crippen molar-refractivity contribution in [2.45, 2.75) is 226 Å². The number of carboxylic acids is 1. The van der Waals surface area contributed by atoms with Crippen LogP contribution in [0.5, 0.6) is 0 Å². The van der Waals surface area contributed by atoms with Gasteiger partial charge in [0.25, 0.3) is 0 Å². The van der Waals surface area contributed by atoms with Gasteiger partial charge in [-0.15, -0.1) is 0 Å². The molecule has 0 radical (unpaired) electrons. The average molecular weight is 758 g/mol. The molecule has 4 aliphatic carbocycles.